The van der Waals surface area contributed by atoms with Gasteiger partial charge in [-0.15, -0.1) is 0 Å². The Kier molecular flexibility index (Phi) is 4.00. The molecule has 0 aliphatic heterocycles. The number of hydrogen-bond donors (Lipinski definition) is 2. The summed E-state index contributed by atoms with van der Waals surface area (Å²) in [5, 5.41) is 6.08. The van der Waals surface area contributed by atoms with Crippen molar-refractivity contribution >= 4 is 27.2 Å². The third kappa shape index (κ3) is 2.77. The van der Waals surface area contributed by atoms with Crippen molar-refractivity contribution in [3.05, 3.63) is 12.3 Å². The van der Waals surface area contributed by atoms with E-state index >= 15 is 0 Å². The number of H-pyrrole nitrogens is 1. The van der Waals surface area contributed by atoms with E-state index in [4.69, 9.17) is 18.0 Å². The maximum atomic E-state index is 11.9. The summed E-state index contributed by atoms with van der Waals surface area (Å²) in [6.45, 7) is 2.03. The van der Waals surface area contributed by atoms with Crippen LogP contribution in [0.2, 0.25) is 0 Å². The lowest BCUT2D eigenvalue weighted by atomic mass is 10.2. The number of thiocarbonyl (C=S) groups is 1. The van der Waals surface area contributed by atoms with Gasteiger partial charge in [-0.3, -0.25) is 5.10 Å². The van der Waals surface area contributed by atoms with Gasteiger partial charge < -0.3 is 5.73 Å². The van der Waals surface area contributed by atoms with E-state index in [0.29, 0.717) is 4.99 Å². The lowest BCUT2D eigenvalue weighted by Gasteiger charge is -2.19. The first-order valence-corrected chi connectivity index (χ1v) is 6.45. The zero-order valence-corrected chi connectivity index (χ0v) is 10.7. The molecule has 0 aliphatic rings. The molecule has 0 aliphatic carbocycles. The molecule has 1 rings (SSSR count). The molecule has 0 saturated carbocycles. The molecule has 0 spiro atoms. The Morgan fingerprint density at radius 1 is 1.75 bits per heavy atom. The Bertz CT molecular complexity index is 454. The molecular formula is C8H14N4O2S2. The topological polar surface area (TPSA) is 92.1 Å². The van der Waals surface area contributed by atoms with Crippen LogP contribution < -0.4 is 5.73 Å². The molecule has 6 nitrogen and oxygen atoms in total. The minimum Gasteiger partial charge on any atom is -0.393 e. The summed E-state index contributed by atoms with van der Waals surface area (Å²) in [4.78, 5) is 0.298. The van der Waals surface area contributed by atoms with Crippen molar-refractivity contribution in [1.82, 2.24) is 14.5 Å². The highest BCUT2D eigenvalue weighted by Crippen LogP contribution is 2.12. The number of nitrogens with one attached hydrogen (secondary N) is 1. The van der Waals surface area contributed by atoms with Gasteiger partial charge in [-0.2, -0.15) is 9.40 Å². The van der Waals surface area contributed by atoms with Gasteiger partial charge in [0.15, 0.2) is 5.03 Å². The van der Waals surface area contributed by atoms with E-state index in [-0.39, 0.29) is 17.5 Å². The maximum Gasteiger partial charge on any atom is 0.259 e. The predicted molar refractivity (Wildman–Crippen MR) is 64.4 cm³/mol. The summed E-state index contributed by atoms with van der Waals surface area (Å²) in [5.74, 6) is -0.169. The Morgan fingerprint density at radius 3 is 2.81 bits per heavy atom. The van der Waals surface area contributed by atoms with Crippen LogP contribution in [0.4, 0.5) is 0 Å². The molecule has 1 heterocycles. The van der Waals surface area contributed by atoms with E-state index in [1.807, 2.05) is 0 Å². The number of aromatic amines is 1. The van der Waals surface area contributed by atoms with Gasteiger partial charge in [0.2, 0.25) is 0 Å². The highest BCUT2D eigenvalue weighted by atomic mass is 32.2. The zero-order chi connectivity index (χ0) is 12.3. The molecule has 90 valence electrons. The van der Waals surface area contributed by atoms with Gasteiger partial charge in [0.25, 0.3) is 10.0 Å². The van der Waals surface area contributed by atoms with Crippen molar-refractivity contribution in [2.75, 3.05) is 13.6 Å². The SMILES string of the molecule is CC(CN(C)S(=O)(=O)c1ccn[nH]1)C(N)=S. The Labute approximate surface area is 99.9 Å². The number of sulfonamides is 1. The van der Waals surface area contributed by atoms with E-state index in [9.17, 15) is 8.42 Å². The molecule has 0 radical (unpaired) electrons. The number of nitrogens with two attached hydrogens (primary N) is 1. The summed E-state index contributed by atoms with van der Waals surface area (Å²) >= 11 is 4.80. The second kappa shape index (κ2) is 4.89. The lowest BCUT2D eigenvalue weighted by molar-refractivity contribution is 0.443. The van der Waals surface area contributed by atoms with Crippen LogP contribution in [0, 0.1) is 5.92 Å². The molecule has 1 aromatic rings. The highest BCUT2D eigenvalue weighted by Gasteiger charge is 2.24. The van der Waals surface area contributed by atoms with Gasteiger partial charge in [-0.1, -0.05) is 19.1 Å². The third-order valence-electron chi connectivity index (χ3n) is 2.18. The first-order chi connectivity index (χ1) is 7.35. The van der Waals surface area contributed by atoms with E-state index in [1.165, 1.54) is 23.6 Å². The smallest absolute Gasteiger partial charge is 0.259 e. The van der Waals surface area contributed by atoms with Crippen molar-refractivity contribution in [2.24, 2.45) is 11.7 Å². The summed E-state index contributed by atoms with van der Waals surface area (Å²) < 4.78 is 25.0. The summed E-state index contributed by atoms with van der Waals surface area (Å²) in [6.07, 6.45) is 1.39. The van der Waals surface area contributed by atoms with E-state index in [0.717, 1.165) is 0 Å². The fourth-order valence-electron chi connectivity index (χ4n) is 1.13. The van der Waals surface area contributed by atoms with E-state index in [1.54, 1.807) is 6.92 Å². The average molecular weight is 262 g/mol. The molecule has 0 bridgehead atoms. The van der Waals surface area contributed by atoms with Crippen LogP contribution in [-0.2, 0) is 10.0 Å². The van der Waals surface area contributed by atoms with Crippen LogP contribution >= 0.6 is 12.2 Å². The molecule has 1 atom stereocenters. The minimum absolute atomic E-state index is 0.0603. The minimum atomic E-state index is -3.52. The van der Waals surface area contributed by atoms with Gasteiger partial charge in [0, 0.05) is 19.5 Å². The van der Waals surface area contributed by atoms with Gasteiger partial charge in [0.1, 0.15) is 0 Å². The van der Waals surface area contributed by atoms with Gasteiger partial charge >= 0.3 is 0 Å². The molecule has 0 fully saturated rings. The van der Waals surface area contributed by atoms with Crippen molar-refractivity contribution < 1.29 is 8.42 Å². The molecule has 1 unspecified atom stereocenters. The summed E-state index contributed by atoms with van der Waals surface area (Å²) in [6, 6.07) is 1.40. The molecule has 0 saturated heterocycles. The molecule has 3 N–H and O–H groups in total. The Hall–Kier alpha value is -0.990. The van der Waals surface area contributed by atoms with Crippen molar-refractivity contribution in [3.8, 4) is 0 Å². The van der Waals surface area contributed by atoms with Crippen LogP contribution in [0.1, 0.15) is 6.92 Å². The molecule has 1 aromatic heterocycles. The van der Waals surface area contributed by atoms with Crippen LogP contribution in [0.5, 0.6) is 0 Å². The first kappa shape index (κ1) is 13.1. The van der Waals surface area contributed by atoms with E-state index in [2.05, 4.69) is 10.2 Å². The summed E-state index contributed by atoms with van der Waals surface area (Å²) in [7, 11) is -2.05. The monoisotopic (exact) mass is 262 g/mol. The van der Waals surface area contributed by atoms with Crippen LogP contribution in [0.15, 0.2) is 17.3 Å². The van der Waals surface area contributed by atoms with Crippen LogP contribution in [0.3, 0.4) is 0 Å². The summed E-state index contributed by atoms with van der Waals surface area (Å²) in [5.41, 5.74) is 5.44. The molecule has 0 aromatic carbocycles. The zero-order valence-electron chi connectivity index (χ0n) is 9.04. The first-order valence-electron chi connectivity index (χ1n) is 4.60. The average Bonchev–Trinajstić information content (AvgIpc) is 2.70. The lowest BCUT2D eigenvalue weighted by Crippen LogP contribution is -2.35. The largest absolute Gasteiger partial charge is 0.393 e. The van der Waals surface area contributed by atoms with E-state index < -0.39 is 10.0 Å². The maximum absolute atomic E-state index is 11.9. The van der Waals surface area contributed by atoms with Crippen LogP contribution in [0.25, 0.3) is 0 Å². The normalized spacial score (nSPS) is 13.9. The molecular weight excluding hydrogens is 248 g/mol. The van der Waals surface area contributed by atoms with Crippen molar-refractivity contribution in [3.63, 3.8) is 0 Å². The van der Waals surface area contributed by atoms with Gasteiger partial charge in [-0.25, -0.2) is 8.42 Å². The quantitative estimate of drug-likeness (QED) is 0.726. The van der Waals surface area contributed by atoms with Crippen LogP contribution in [-0.4, -0.2) is 41.5 Å². The molecule has 8 heteroatoms. The Balaban J connectivity index is 2.82. The number of hydrogen-bond acceptors (Lipinski definition) is 4. The van der Waals surface area contributed by atoms with Crippen molar-refractivity contribution in [2.45, 2.75) is 11.9 Å². The predicted octanol–water partition coefficient (Wildman–Crippen LogP) is -0.0476. The fraction of sp³-hybridized carbons (Fsp3) is 0.500. The molecule has 0 amide bonds. The van der Waals surface area contributed by atoms with Gasteiger partial charge in [0.05, 0.1) is 11.2 Å². The van der Waals surface area contributed by atoms with Crippen molar-refractivity contribution in [1.29, 1.82) is 0 Å². The number of nitrogens with zero attached hydrogens (tertiary/aromatic N) is 2. The second-order valence-corrected chi connectivity index (χ2v) is 5.99. The second-order valence-electron chi connectivity index (χ2n) is 3.51. The Morgan fingerprint density at radius 2 is 2.38 bits per heavy atom. The standard InChI is InChI=1S/C8H14N4O2S2/c1-6(8(9)15)5-12(2)16(13,14)7-3-4-10-11-7/h3-4,6H,5H2,1-2H3,(H2,9,15)(H,10,11). The fourth-order valence-corrected chi connectivity index (χ4v) is 2.36. The number of rotatable bonds is 5. The molecule has 16 heavy (non-hydrogen) atoms. The number of aromatic nitrogens is 2. The third-order valence-corrected chi connectivity index (χ3v) is 4.34. The van der Waals surface area contributed by atoms with Gasteiger partial charge in [-0.05, 0) is 6.07 Å². The highest BCUT2D eigenvalue weighted by molar-refractivity contribution is 7.89.